The number of rotatable bonds is 2. The van der Waals surface area contributed by atoms with Crippen LogP contribution < -0.4 is 0 Å². The van der Waals surface area contributed by atoms with Gasteiger partial charge in [0, 0.05) is 0 Å². The molecule has 1 heteroatoms. The Morgan fingerprint density at radius 2 is 1.83 bits per heavy atom. The van der Waals surface area contributed by atoms with Crippen molar-refractivity contribution in [3.63, 3.8) is 0 Å². The lowest BCUT2D eigenvalue weighted by molar-refractivity contribution is 0.227. The number of aliphatic hydroxyl groups is 1. The van der Waals surface area contributed by atoms with Gasteiger partial charge in [0.2, 0.25) is 0 Å². The molecule has 0 saturated heterocycles. The average Bonchev–Trinajstić information content (AvgIpc) is 2.05. The summed E-state index contributed by atoms with van der Waals surface area (Å²) in [7, 11) is 0. The molecular weight excluding hydrogens is 148 g/mol. The van der Waals surface area contributed by atoms with Crippen LogP contribution in [0.2, 0.25) is 0 Å². The van der Waals surface area contributed by atoms with E-state index in [0.29, 0.717) is 0 Å². The molecule has 1 aromatic carbocycles. The molecule has 0 bridgehead atoms. The van der Waals surface area contributed by atoms with E-state index >= 15 is 0 Å². The van der Waals surface area contributed by atoms with E-state index in [1.807, 2.05) is 50.3 Å². The maximum Gasteiger partial charge on any atom is 0.0974 e. The standard InChI is InChI=1S/C11H14O/c1-9(2)8-11(12)10-6-4-3-5-7-10/h3-8,11-12H,1-2H3/t11-/m1/s1. The number of allylic oxidation sites excluding steroid dienone is 1. The van der Waals surface area contributed by atoms with E-state index in [1.165, 1.54) is 0 Å². The molecule has 1 N–H and O–H groups in total. The summed E-state index contributed by atoms with van der Waals surface area (Å²) in [6, 6.07) is 9.64. The van der Waals surface area contributed by atoms with E-state index in [-0.39, 0.29) is 0 Å². The smallest absolute Gasteiger partial charge is 0.0974 e. The highest BCUT2D eigenvalue weighted by atomic mass is 16.3. The quantitative estimate of drug-likeness (QED) is 0.663. The first-order valence-corrected chi connectivity index (χ1v) is 4.08. The third-order valence-corrected chi connectivity index (χ3v) is 1.63. The van der Waals surface area contributed by atoms with Gasteiger partial charge < -0.3 is 5.11 Å². The zero-order valence-corrected chi connectivity index (χ0v) is 7.49. The number of hydrogen-bond donors (Lipinski definition) is 1. The lowest BCUT2D eigenvalue weighted by atomic mass is 10.1. The summed E-state index contributed by atoms with van der Waals surface area (Å²) >= 11 is 0. The molecule has 0 radical (unpaired) electrons. The van der Waals surface area contributed by atoms with Crippen LogP contribution in [0.15, 0.2) is 42.0 Å². The Balaban J connectivity index is 2.79. The van der Waals surface area contributed by atoms with Crippen molar-refractivity contribution >= 4 is 0 Å². The minimum atomic E-state index is -0.462. The molecule has 0 aliphatic heterocycles. The zero-order valence-electron chi connectivity index (χ0n) is 7.49. The molecule has 0 spiro atoms. The van der Waals surface area contributed by atoms with Crippen LogP contribution in [-0.2, 0) is 0 Å². The monoisotopic (exact) mass is 162 g/mol. The molecule has 64 valence electrons. The topological polar surface area (TPSA) is 20.2 Å². The molecule has 0 fully saturated rings. The summed E-state index contributed by atoms with van der Waals surface area (Å²) in [6.07, 6.45) is 1.38. The Hall–Kier alpha value is -1.08. The Morgan fingerprint density at radius 3 is 2.33 bits per heavy atom. The average molecular weight is 162 g/mol. The minimum absolute atomic E-state index is 0.462. The van der Waals surface area contributed by atoms with Crippen molar-refractivity contribution in [2.24, 2.45) is 0 Å². The van der Waals surface area contributed by atoms with Crippen LogP contribution in [0.25, 0.3) is 0 Å². The lowest BCUT2D eigenvalue weighted by Gasteiger charge is -2.05. The van der Waals surface area contributed by atoms with Gasteiger partial charge in [0.25, 0.3) is 0 Å². The second-order valence-corrected chi connectivity index (χ2v) is 3.10. The highest BCUT2D eigenvalue weighted by Crippen LogP contribution is 2.14. The third-order valence-electron chi connectivity index (χ3n) is 1.63. The van der Waals surface area contributed by atoms with Crippen LogP contribution in [0.3, 0.4) is 0 Å². The van der Waals surface area contributed by atoms with Gasteiger partial charge in [-0.05, 0) is 19.4 Å². The highest BCUT2D eigenvalue weighted by Gasteiger charge is 2.00. The Kier molecular flexibility index (Phi) is 3.06. The fraction of sp³-hybridized carbons (Fsp3) is 0.273. The Labute approximate surface area is 73.4 Å². The van der Waals surface area contributed by atoms with E-state index < -0.39 is 6.10 Å². The van der Waals surface area contributed by atoms with E-state index in [9.17, 15) is 5.11 Å². The van der Waals surface area contributed by atoms with Crippen LogP contribution in [0.4, 0.5) is 0 Å². The first-order valence-electron chi connectivity index (χ1n) is 4.08. The molecule has 0 amide bonds. The van der Waals surface area contributed by atoms with Gasteiger partial charge >= 0.3 is 0 Å². The van der Waals surface area contributed by atoms with Gasteiger partial charge in [-0.2, -0.15) is 0 Å². The Bertz CT molecular complexity index is 258. The summed E-state index contributed by atoms with van der Waals surface area (Å²) in [5.41, 5.74) is 2.07. The maximum absolute atomic E-state index is 9.61. The molecular formula is C11H14O. The van der Waals surface area contributed by atoms with Crippen molar-refractivity contribution < 1.29 is 5.11 Å². The summed E-state index contributed by atoms with van der Waals surface area (Å²) in [4.78, 5) is 0. The molecule has 1 atom stereocenters. The molecule has 12 heavy (non-hydrogen) atoms. The third kappa shape index (κ3) is 2.51. The highest BCUT2D eigenvalue weighted by molar-refractivity contribution is 5.21. The van der Waals surface area contributed by atoms with Crippen molar-refractivity contribution in [1.82, 2.24) is 0 Å². The molecule has 1 aromatic rings. The van der Waals surface area contributed by atoms with Crippen LogP contribution in [0.1, 0.15) is 25.5 Å². The molecule has 0 aliphatic rings. The van der Waals surface area contributed by atoms with E-state index in [1.54, 1.807) is 0 Å². The summed E-state index contributed by atoms with van der Waals surface area (Å²) in [6.45, 7) is 3.96. The maximum atomic E-state index is 9.61. The molecule has 0 aromatic heterocycles. The Morgan fingerprint density at radius 1 is 1.25 bits per heavy atom. The SMILES string of the molecule is CC(C)=C[C@@H](O)c1ccccc1. The second-order valence-electron chi connectivity index (χ2n) is 3.10. The lowest BCUT2D eigenvalue weighted by Crippen LogP contribution is -1.92. The largest absolute Gasteiger partial charge is 0.384 e. The number of hydrogen-bond acceptors (Lipinski definition) is 1. The predicted octanol–water partition coefficient (Wildman–Crippen LogP) is 2.69. The van der Waals surface area contributed by atoms with Crippen molar-refractivity contribution in [3.8, 4) is 0 Å². The van der Waals surface area contributed by atoms with Gasteiger partial charge in [-0.1, -0.05) is 42.0 Å². The van der Waals surface area contributed by atoms with Crippen LogP contribution in [0.5, 0.6) is 0 Å². The fourth-order valence-electron chi connectivity index (χ4n) is 1.06. The number of aliphatic hydroxyl groups excluding tert-OH is 1. The molecule has 1 nitrogen and oxygen atoms in total. The van der Waals surface area contributed by atoms with Crippen molar-refractivity contribution in [1.29, 1.82) is 0 Å². The number of benzene rings is 1. The normalized spacial score (nSPS) is 12.2. The van der Waals surface area contributed by atoms with Gasteiger partial charge in [0.15, 0.2) is 0 Å². The van der Waals surface area contributed by atoms with E-state index in [2.05, 4.69) is 0 Å². The van der Waals surface area contributed by atoms with Gasteiger partial charge in [-0.15, -0.1) is 0 Å². The molecule has 0 heterocycles. The molecule has 1 rings (SSSR count). The first kappa shape index (κ1) is 9.01. The van der Waals surface area contributed by atoms with Crippen molar-refractivity contribution in [3.05, 3.63) is 47.5 Å². The van der Waals surface area contributed by atoms with Gasteiger partial charge in [0.05, 0.1) is 6.10 Å². The summed E-state index contributed by atoms with van der Waals surface area (Å²) in [5, 5.41) is 9.61. The minimum Gasteiger partial charge on any atom is -0.384 e. The zero-order chi connectivity index (χ0) is 8.97. The summed E-state index contributed by atoms with van der Waals surface area (Å²) < 4.78 is 0. The van der Waals surface area contributed by atoms with E-state index in [4.69, 9.17) is 0 Å². The van der Waals surface area contributed by atoms with E-state index in [0.717, 1.165) is 11.1 Å². The predicted molar refractivity (Wildman–Crippen MR) is 50.8 cm³/mol. The van der Waals surface area contributed by atoms with Crippen molar-refractivity contribution in [2.75, 3.05) is 0 Å². The molecule has 0 saturated carbocycles. The van der Waals surface area contributed by atoms with Crippen molar-refractivity contribution in [2.45, 2.75) is 20.0 Å². The molecule has 0 aliphatic carbocycles. The van der Waals surface area contributed by atoms with Crippen LogP contribution >= 0.6 is 0 Å². The molecule has 0 unspecified atom stereocenters. The van der Waals surface area contributed by atoms with Gasteiger partial charge in [-0.25, -0.2) is 0 Å². The second kappa shape index (κ2) is 4.07. The van der Waals surface area contributed by atoms with Gasteiger partial charge in [-0.3, -0.25) is 0 Å². The van der Waals surface area contributed by atoms with Crippen LogP contribution in [0, 0.1) is 0 Å². The van der Waals surface area contributed by atoms with Gasteiger partial charge in [0.1, 0.15) is 0 Å². The summed E-state index contributed by atoms with van der Waals surface area (Å²) in [5.74, 6) is 0. The first-order chi connectivity index (χ1) is 5.70. The van der Waals surface area contributed by atoms with Crippen LogP contribution in [-0.4, -0.2) is 5.11 Å². The fourth-order valence-corrected chi connectivity index (χ4v) is 1.06.